The number of ether oxygens (including phenoxy) is 2. The first-order valence-corrected chi connectivity index (χ1v) is 4.20. The maximum absolute atomic E-state index is 11.4. The van der Waals surface area contributed by atoms with Crippen molar-refractivity contribution in [1.82, 2.24) is 0 Å². The number of para-hydroxylation sites is 1. The van der Waals surface area contributed by atoms with E-state index in [1.165, 1.54) is 0 Å². The van der Waals surface area contributed by atoms with Crippen LogP contribution in [0.1, 0.15) is 17.3 Å². The molecular formula is C10H10O3. The first-order chi connectivity index (χ1) is 6.27. The summed E-state index contributed by atoms with van der Waals surface area (Å²) < 4.78 is 10.5. The third kappa shape index (κ3) is 1.49. The summed E-state index contributed by atoms with van der Waals surface area (Å²) in [7, 11) is 0. The third-order valence-electron chi connectivity index (χ3n) is 1.89. The molecule has 0 radical (unpaired) electrons. The lowest BCUT2D eigenvalue weighted by Gasteiger charge is -2.06. The Balaban J connectivity index is 2.40. The van der Waals surface area contributed by atoms with Gasteiger partial charge in [-0.1, -0.05) is 12.1 Å². The predicted octanol–water partition coefficient (Wildman–Crippen LogP) is 1.62. The van der Waals surface area contributed by atoms with Gasteiger partial charge in [-0.05, 0) is 19.1 Å². The number of hydrogen-bond acceptors (Lipinski definition) is 3. The molecule has 1 atom stereocenters. The van der Waals surface area contributed by atoms with Crippen molar-refractivity contribution in [1.29, 1.82) is 0 Å². The van der Waals surface area contributed by atoms with Crippen LogP contribution in [0.4, 0.5) is 0 Å². The number of benzene rings is 1. The highest BCUT2D eigenvalue weighted by atomic mass is 16.6. The Morgan fingerprint density at radius 3 is 3.00 bits per heavy atom. The van der Waals surface area contributed by atoms with Crippen LogP contribution in [0.15, 0.2) is 24.3 Å². The predicted molar refractivity (Wildman–Crippen MR) is 46.8 cm³/mol. The average molecular weight is 178 g/mol. The maximum atomic E-state index is 11.4. The number of rotatable bonds is 0. The van der Waals surface area contributed by atoms with Crippen LogP contribution in [-0.2, 0) is 4.74 Å². The van der Waals surface area contributed by atoms with Gasteiger partial charge in [-0.15, -0.1) is 0 Å². The molecule has 0 N–H and O–H groups in total. The number of carbonyl (C=O) groups is 1. The number of cyclic esters (lactones) is 1. The van der Waals surface area contributed by atoms with E-state index in [4.69, 9.17) is 9.47 Å². The second kappa shape index (κ2) is 3.09. The molecule has 3 nitrogen and oxygen atoms in total. The summed E-state index contributed by atoms with van der Waals surface area (Å²) in [6, 6.07) is 7.10. The summed E-state index contributed by atoms with van der Waals surface area (Å²) in [5.41, 5.74) is 0.506. The van der Waals surface area contributed by atoms with Crippen LogP contribution in [0.25, 0.3) is 0 Å². The molecule has 0 aliphatic carbocycles. The number of carbonyl (C=O) groups excluding carboxylic acids is 1. The van der Waals surface area contributed by atoms with Crippen LogP contribution in [-0.4, -0.2) is 18.7 Å². The Bertz CT molecular complexity index is 333. The average Bonchev–Trinajstić information content (AvgIpc) is 2.27. The van der Waals surface area contributed by atoms with Crippen LogP contribution in [0.2, 0.25) is 0 Å². The van der Waals surface area contributed by atoms with E-state index in [0.29, 0.717) is 17.9 Å². The number of fused-ring (bicyclic) bond motifs is 1. The molecule has 0 saturated heterocycles. The Labute approximate surface area is 76.3 Å². The first-order valence-electron chi connectivity index (χ1n) is 4.20. The minimum absolute atomic E-state index is 0.181. The molecule has 0 aromatic heterocycles. The Morgan fingerprint density at radius 1 is 1.38 bits per heavy atom. The summed E-state index contributed by atoms with van der Waals surface area (Å²) in [4.78, 5) is 11.4. The van der Waals surface area contributed by atoms with Crippen molar-refractivity contribution in [2.24, 2.45) is 0 Å². The van der Waals surface area contributed by atoms with Crippen molar-refractivity contribution in [3.8, 4) is 5.75 Å². The SMILES string of the molecule is C[C@H]1COc2ccccc2C(=O)O1. The van der Waals surface area contributed by atoms with Gasteiger partial charge in [0.1, 0.15) is 24.0 Å². The van der Waals surface area contributed by atoms with Crippen LogP contribution in [0.5, 0.6) is 5.75 Å². The van der Waals surface area contributed by atoms with Crippen molar-refractivity contribution in [3.63, 3.8) is 0 Å². The first kappa shape index (κ1) is 8.10. The topological polar surface area (TPSA) is 35.5 Å². The van der Waals surface area contributed by atoms with Gasteiger partial charge in [0.2, 0.25) is 0 Å². The lowest BCUT2D eigenvalue weighted by atomic mass is 10.2. The highest BCUT2D eigenvalue weighted by Gasteiger charge is 2.20. The molecule has 0 amide bonds. The van der Waals surface area contributed by atoms with Gasteiger partial charge in [-0.25, -0.2) is 4.79 Å². The summed E-state index contributed by atoms with van der Waals surface area (Å²) >= 11 is 0. The monoisotopic (exact) mass is 178 g/mol. The van der Waals surface area contributed by atoms with Crippen molar-refractivity contribution in [2.45, 2.75) is 13.0 Å². The van der Waals surface area contributed by atoms with Gasteiger partial charge in [0, 0.05) is 0 Å². The highest BCUT2D eigenvalue weighted by molar-refractivity contribution is 5.92. The minimum atomic E-state index is -0.305. The smallest absolute Gasteiger partial charge is 0.342 e. The summed E-state index contributed by atoms with van der Waals surface area (Å²) in [5, 5.41) is 0. The van der Waals surface area contributed by atoms with Crippen molar-refractivity contribution >= 4 is 5.97 Å². The van der Waals surface area contributed by atoms with Crippen molar-refractivity contribution in [3.05, 3.63) is 29.8 Å². The molecule has 0 saturated carbocycles. The molecule has 1 aromatic carbocycles. The zero-order valence-corrected chi connectivity index (χ0v) is 7.32. The van der Waals surface area contributed by atoms with E-state index < -0.39 is 0 Å². The molecule has 1 heterocycles. The largest absolute Gasteiger partial charge is 0.489 e. The molecule has 0 fully saturated rings. The number of esters is 1. The van der Waals surface area contributed by atoms with E-state index in [1.54, 1.807) is 18.2 Å². The summed E-state index contributed by atoms with van der Waals surface area (Å²) in [5.74, 6) is 0.303. The van der Waals surface area contributed by atoms with Crippen molar-refractivity contribution in [2.75, 3.05) is 6.61 Å². The minimum Gasteiger partial charge on any atom is -0.489 e. The van der Waals surface area contributed by atoms with E-state index in [9.17, 15) is 4.79 Å². The van der Waals surface area contributed by atoms with E-state index in [0.717, 1.165) is 0 Å². The highest BCUT2D eigenvalue weighted by Crippen LogP contribution is 2.22. The zero-order chi connectivity index (χ0) is 9.26. The van der Waals surface area contributed by atoms with Crippen LogP contribution >= 0.6 is 0 Å². The van der Waals surface area contributed by atoms with Gasteiger partial charge in [-0.3, -0.25) is 0 Å². The second-order valence-electron chi connectivity index (χ2n) is 3.02. The van der Waals surface area contributed by atoms with Gasteiger partial charge >= 0.3 is 5.97 Å². The summed E-state index contributed by atoms with van der Waals surface area (Å²) in [6.07, 6.45) is -0.181. The van der Waals surface area contributed by atoms with Gasteiger partial charge < -0.3 is 9.47 Å². The fourth-order valence-corrected chi connectivity index (χ4v) is 1.25. The molecular weight excluding hydrogens is 168 g/mol. The Hall–Kier alpha value is -1.51. The van der Waals surface area contributed by atoms with Gasteiger partial charge in [0.05, 0.1) is 0 Å². The lowest BCUT2D eigenvalue weighted by Crippen LogP contribution is -2.17. The molecule has 13 heavy (non-hydrogen) atoms. The Morgan fingerprint density at radius 2 is 2.15 bits per heavy atom. The Kier molecular flexibility index (Phi) is 1.93. The molecule has 0 unspecified atom stereocenters. The van der Waals surface area contributed by atoms with E-state index in [-0.39, 0.29) is 12.1 Å². The van der Waals surface area contributed by atoms with Gasteiger partial charge in [-0.2, -0.15) is 0 Å². The molecule has 1 aromatic rings. The molecule has 1 aliphatic heterocycles. The zero-order valence-electron chi connectivity index (χ0n) is 7.32. The van der Waals surface area contributed by atoms with Gasteiger partial charge in [0.25, 0.3) is 0 Å². The van der Waals surface area contributed by atoms with E-state index >= 15 is 0 Å². The maximum Gasteiger partial charge on any atom is 0.342 e. The second-order valence-corrected chi connectivity index (χ2v) is 3.02. The fraction of sp³-hybridized carbons (Fsp3) is 0.300. The normalized spacial score (nSPS) is 21.0. The molecule has 0 spiro atoms. The van der Waals surface area contributed by atoms with Gasteiger partial charge in [0.15, 0.2) is 0 Å². The van der Waals surface area contributed by atoms with Crippen LogP contribution in [0.3, 0.4) is 0 Å². The molecule has 1 aliphatic rings. The number of hydrogen-bond donors (Lipinski definition) is 0. The standard InChI is InChI=1S/C10H10O3/c1-7-6-12-9-5-3-2-4-8(9)10(11)13-7/h2-5,7H,6H2,1H3/t7-/m0/s1. The van der Waals surface area contributed by atoms with E-state index in [1.807, 2.05) is 13.0 Å². The van der Waals surface area contributed by atoms with E-state index in [2.05, 4.69) is 0 Å². The summed E-state index contributed by atoms with van der Waals surface area (Å²) in [6.45, 7) is 2.23. The van der Waals surface area contributed by atoms with Crippen LogP contribution < -0.4 is 4.74 Å². The molecule has 68 valence electrons. The lowest BCUT2D eigenvalue weighted by molar-refractivity contribution is 0.0288. The molecule has 3 heteroatoms. The quantitative estimate of drug-likeness (QED) is 0.566. The fourth-order valence-electron chi connectivity index (χ4n) is 1.25. The molecule has 0 bridgehead atoms. The van der Waals surface area contributed by atoms with Crippen molar-refractivity contribution < 1.29 is 14.3 Å². The van der Waals surface area contributed by atoms with Crippen LogP contribution in [0, 0.1) is 0 Å². The third-order valence-corrected chi connectivity index (χ3v) is 1.89. The molecule has 2 rings (SSSR count).